The van der Waals surface area contributed by atoms with Gasteiger partial charge in [0.2, 0.25) is 0 Å². The second-order valence-electron chi connectivity index (χ2n) is 8.87. The molecule has 28 heavy (non-hydrogen) atoms. The molecule has 5 heteroatoms. The van der Waals surface area contributed by atoms with Crippen LogP contribution in [-0.4, -0.2) is 68.1 Å². The number of hydrogen-bond acceptors (Lipinski definition) is 3. The van der Waals surface area contributed by atoms with Crippen LogP contribution in [0.3, 0.4) is 0 Å². The fourth-order valence-corrected chi connectivity index (χ4v) is 4.94. The molecule has 3 aliphatic rings. The summed E-state index contributed by atoms with van der Waals surface area (Å²) in [5.74, 6) is 1.93. The second-order valence-corrected chi connectivity index (χ2v) is 8.87. The fourth-order valence-electron chi connectivity index (χ4n) is 4.94. The van der Waals surface area contributed by atoms with Gasteiger partial charge in [-0.2, -0.15) is 0 Å². The predicted octanol–water partition coefficient (Wildman–Crippen LogP) is 3.17. The van der Waals surface area contributed by atoms with Gasteiger partial charge in [-0.1, -0.05) is 19.1 Å². The Kier molecular flexibility index (Phi) is 6.40. The standard InChI is InChI=1S/C23H37N5/c1-19-9-14-27(15-10-19)21-7-5-20(6-8-21)17-25-23(24-2)28-16-11-22(18-28)26-12-3-4-13-26/h5-8,19,22H,3-4,9-18H2,1-2H3,(H,24,25). The molecule has 0 bridgehead atoms. The lowest BCUT2D eigenvalue weighted by Gasteiger charge is -2.32. The zero-order valence-electron chi connectivity index (χ0n) is 17.7. The smallest absolute Gasteiger partial charge is 0.193 e. The van der Waals surface area contributed by atoms with Crippen molar-refractivity contribution in [2.24, 2.45) is 10.9 Å². The topological polar surface area (TPSA) is 34.1 Å². The quantitative estimate of drug-likeness (QED) is 0.640. The lowest BCUT2D eigenvalue weighted by Crippen LogP contribution is -2.42. The molecule has 1 aromatic carbocycles. The van der Waals surface area contributed by atoms with Gasteiger partial charge in [0.15, 0.2) is 5.96 Å². The van der Waals surface area contributed by atoms with Crippen LogP contribution in [0.15, 0.2) is 29.3 Å². The fraction of sp³-hybridized carbons (Fsp3) is 0.696. The van der Waals surface area contributed by atoms with Gasteiger partial charge < -0.3 is 15.1 Å². The predicted molar refractivity (Wildman–Crippen MR) is 118 cm³/mol. The van der Waals surface area contributed by atoms with E-state index in [-0.39, 0.29) is 0 Å². The number of rotatable bonds is 4. The average molecular weight is 384 g/mol. The van der Waals surface area contributed by atoms with E-state index in [9.17, 15) is 0 Å². The molecular weight excluding hydrogens is 346 g/mol. The zero-order valence-corrected chi connectivity index (χ0v) is 17.7. The number of likely N-dealkylation sites (tertiary alicyclic amines) is 2. The highest BCUT2D eigenvalue weighted by atomic mass is 15.3. The van der Waals surface area contributed by atoms with Crippen molar-refractivity contribution in [1.29, 1.82) is 0 Å². The molecule has 0 spiro atoms. The van der Waals surface area contributed by atoms with Crippen molar-refractivity contribution < 1.29 is 0 Å². The number of nitrogens with one attached hydrogen (secondary N) is 1. The summed E-state index contributed by atoms with van der Waals surface area (Å²) in [7, 11) is 1.91. The number of piperidine rings is 1. The summed E-state index contributed by atoms with van der Waals surface area (Å²) in [6.45, 7) is 10.4. The van der Waals surface area contributed by atoms with Crippen molar-refractivity contribution >= 4 is 11.6 Å². The highest BCUT2D eigenvalue weighted by Gasteiger charge is 2.30. The van der Waals surface area contributed by atoms with E-state index in [0.717, 1.165) is 31.5 Å². The number of benzene rings is 1. The second kappa shape index (κ2) is 9.17. The molecule has 1 unspecified atom stereocenters. The molecule has 5 nitrogen and oxygen atoms in total. The summed E-state index contributed by atoms with van der Waals surface area (Å²) in [5.41, 5.74) is 2.69. The molecule has 3 heterocycles. The van der Waals surface area contributed by atoms with Crippen LogP contribution in [-0.2, 0) is 6.54 Å². The maximum Gasteiger partial charge on any atom is 0.193 e. The van der Waals surface area contributed by atoms with Crippen molar-refractivity contribution in [2.75, 3.05) is 51.2 Å². The van der Waals surface area contributed by atoms with Crippen LogP contribution in [0, 0.1) is 5.92 Å². The first kappa shape index (κ1) is 19.6. The number of nitrogens with zero attached hydrogens (tertiary/aromatic N) is 4. The molecule has 1 atom stereocenters. The third-order valence-electron chi connectivity index (χ3n) is 6.87. The van der Waals surface area contributed by atoms with E-state index in [1.165, 1.54) is 69.5 Å². The third-order valence-corrected chi connectivity index (χ3v) is 6.87. The summed E-state index contributed by atoms with van der Waals surface area (Å²) in [6, 6.07) is 9.83. The molecule has 154 valence electrons. The monoisotopic (exact) mass is 383 g/mol. The summed E-state index contributed by atoms with van der Waals surface area (Å²) >= 11 is 0. The summed E-state index contributed by atoms with van der Waals surface area (Å²) in [4.78, 5) is 12.2. The third kappa shape index (κ3) is 4.62. The van der Waals surface area contributed by atoms with E-state index in [0.29, 0.717) is 6.04 Å². The molecule has 3 aliphatic heterocycles. The van der Waals surface area contributed by atoms with E-state index in [2.05, 4.69) is 56.2 Å². The van der Waals surface area contributed by atoms with Gasteiger partial charge in [-0.15, -0.1) is 0 Å². The Balaban J connectivity index is 1.27. The molecule has 1 aromatic rings. The summed E-state index contributed by atoms with van der Waals surface area (Å²) < 4.78 is 0. The van der Waals surface area contributed by atoms with E-state index >= 15 is 0 Å². The van der Waals surface area contributed by atoms with E-state index in [1.807, 2.05) is 7.05 Å². The highest BCUT2D eigenvalue weighted by molar-refractivity contribution is 5.80. The van der Waals surface area contributed by atoms with Gasteiger partial charge >= 0.3 is 0 Å². The molecule has 0 amide bonds. The Morgan fingerprint density at radius 2 is 1.71 bits per heavy atom. The molecule has 3 saturated heterocycles. The Morgan fingerprint density at radius 3 is 2.39 bits per heavy atom. The maximum atomic E-state index is 4.55. The molecule has 1 N–H and O–H groups in total. The summed E-state index contributed by atoms with van der Waals surface area (Å²) in [5, 5.41) is 3.59. The first-order valence-corrected chi connectivity index (χ1v) is 11.3. The number of anilines is 1. The van der Waals surface area contributed by atoms with Gasteiger partial charge in [-0.3, -0.25) is 9.89 Å². The number of guanidine groups is 1. The molecule has 3 fully saturated rings. The first-order valence-electron chi connectivity index (χ1n) is 11.3. The van der Waals surface area contributed by atoms with Gasteiger partial charge in [0, 0.05) is 51.5 Å². The minimum absolute atomic E-state index is 0.715. The minimum atomic E-state index is 0.715. The molecule has 0 saturated carbocycles. The van der Waals surface area contributed by atoms with Gasteiger partial charge in [0.05, 0.1) is 0 Å². The lowest BCUT2D eigenvalue weighted by molar-refractivity contribution is 0.249. The molecule has 0 aliphatic carbocycles. The largest absolute Gasteiger partial charge is 0.372 e. The Labute approximate surface area is 170 Å². The Morgan fingerprint density at radius 1 is 1.00 bits per heavy atom. The van der Waals surface area contributed by atoms with Crippen molar-refractivity contribution in [2.45, 2.75) is 51.6 Å². The van der Waals surface area contributed by atoms with Crippen LogP contribution in [0.1, 0.15) is 44.6 Å². The van der Waals surface area contributed by atoms with Gasteiger partial charge in [0.1, 0.15) is 0 Å². The lowest BCUT2D eigenvalue weighted by atomic mass is 9.99. The summed E-state index contributed by atoms with van der Waals surface area (Å²) in [6.07, 6.45) is 6.64. The van der Waals surface area contributed by atoms with Crippen LogP contribution in [0.4, 0.5) is 5.69 Å². The highest BCUT2D eigenvalue weighted by Crippen LogP contribution is 2.23. The molecular formula is C23H37N5. The minimum Gasteiger partial charge on any atom is -0.372 e. The van der Waals surface area contributed by atoms with E-state index < -0.39 is 0 Å². The van der Waals surface area contributed by atoms with Crippen molar-refractivity contribution in [3.05, 3.63) is 29.8 Å². The van der Waals surface area contributed by atoms with Crippen LogP contribution in [0.2, 0.25) is 0 Å². The Hall–Kier alpha value is -1.75. The van der Waals surface area contributed by atoms with Gasteiger partial charge in [-0.25, -0.2) is 0 Å². The maximum absolute atomic E-state index is 4.55. The van der Waals surface area contributed by atoms with Crippen molar-refractivity contribution in [3.63, 3.8) is 0 Å². The average Bonchev–Trinajstić information content (AvgIpc) is 3.42. The normalized spacial score (nSPS) is 24.9. The van der Waals surface area contributed by atoms with Crippen molar-refractivity contribution in [3.8, 4) is 0 Å². The number of aliphatic imine (C=N–C) groups is 1. The first-order chi connectivity index (χ1) is 13.7. The molecule has 0 aromatic heterocycles. The van der Waals surface area contributed by atoms with Crippen LogP contribution >= 0.6 is 0 Å². The van der Waals surface area contributed by atoms with Crippen LogP contribution in [0.5, 0.6) is 0 Å². The zero-order chi connectivity index (χ0) is 19.3. The van der Waals surface area contributed by atoms with Crippen LogP contribution in [0.25, 0.3) is 0 Å². The van der Waals surface area contributed by atoms with Crippen LogP contribution < -0.4 is 10.2 Å². The Bertz CT molecular complexity index is 641. The van der Waals surface area contributed by atoms with Gasteiger partial charge in [-0.05, 0) is 68.8 Å². The van der Waals surface area contributed by atoms with Gasteiger partial charge in [0.25, 0.3) is 0 Å². The number of hydrogen-bond donors (Lipinski definition) is 1. The van der Waals surface area contributed by atoms with E-state index in [4.69, 9.17) is 0 Å². The molecule has 0 radical (unpaired) electrons. The van der Waals surface area contributed by atoms with E-state index in [1.54, 1.807) is 0 Å². The molecule has 4 rings (SSSR count). The SMILES string of the molecule is CN=C(NCc1ccc(N2CCC(C)CC2)cc1)N1CCC(N2CCCC2)C1. The van der Waals surface area contributed by atoms with Crippen molar-refractivity contribution in [1.82, 2.24) is 15.1 Å².